The second-order valence-corrected chi connectivity index (χ2v) is 9.83. The largest absolute Gasteiger partial charge is 0.481 e. The predicted molar refractivity (Wildman–Crippen MR) is 131 cm³/mol. The third-order valence-electron chi connectivity index (χ3n) is 7.89. The molecule has 2 aromatic carbocycles. The van der Waals surface area contributed by atoms with Crippen LogP contribution < -0.4 is 5.32 Å². The highest BCUT2D eigenvalue weighted by atomic mass is 16.5. The Bertz CT molecular complexity index is 1120. The van der Waals surface area contributed by atoms with Crippen molar-refractivity contribution in [3.05, 3.63) is 72.3 Å². The number of nitrogens with zero attached hydrogens (tertiary/aromatic N) is 1. The topological polar surface area (TPSA) is 95.9 Å². The van der Waals surface area contributed by atoms with E-state index < -0.39 is 18.1 Å². The van der Waals surface area contributed by atoms with Crippen molar-refractivity contribution in [3.63, 3.8) is 0 Å². The maximum absolute atomic E-state index is 13.1. The molecule has 1 saturated heterocycles. The standard InChI is InChI=1S/C28H30N2O5/c1-2-7-24(25(31)30-14-12-28(13-15-30)16-23(28)26(32)33)29-27(34)35-17-22-20-10-5-3-8-18(20)19-9-4-6-11-21(19)22/h2-6,8-11,22-24H,1,7,12-17H2,(H,29,34)(H,32,33). The number of ether oxygens (including phenoxy) is 1. The van der Waals surface area contributed by atoms with Crippen LogP contribution in [0.2, 0.25) is 0 Å². The third-order valence-corrected chi connectivity index (χ3v) is 7.89. The second-order valence-electron chi connectivity index (χ2n) is 9.83. The van der Waals surface area contributed by atoms with Crippen LogP contribution in [-0.2, 0) is 14.3 Å². The molecule has 2 amide bonds. The van der Waals surface area contributed by atoms with E-state index in [1.165, 1.54) is 0 Å². The summed E-state index contributed by atoms with van der Waals surface area (Å²) in [4.78, 5) is 38.9. The van der Waals surface area contributed by atoms with Gasteiger partial charge in [0.05, 0.1) is 5.92 Å². The number of amides is 2. The molecule has 35 heavy (non-hydrogen) atoms. The van der Waals surface area contributed by atoms with Gasteiger partial charge in [-0.25, -0.2) is 4.79 Å². The average molecular weight is 475 g/mol. The van der Waals surface area contributed by atoms with Gasteiger partial charge in [0.1, 0.15) is 12.6 Å². The molecule has 0 bridgehead atoms. The van der Waals surface area contributed by atoms with Crippen molar-refractivity contribution >= 4 is 18.0 Å². The van der Waals surface area contributed by atoms with Gasteiger partial charge in [0, 0.05) is 19.0 Å². The molecule has 2 unspecified atom stereocenters. The highest BCUT2D eigenvalue weighted by Crippen LogP contribution is 2.59. The van der Waals surface area contributed by atoms with Crippen molar-refractivity contribution < 1.29 is 24.2 Å². The number of likely N-dealkylation sites (tertiary alicyclic amines) is 1. The Morgan fingerprint density at radius 2 is 1.69 bits per heavy atom. The van der Waals surface area contributed by atoms with E-state index in [1.54, 1.807) is 11.0 Å². The molecule has 1 aliphatic heterocycles. The quantitative estimate of drug-likeness (QED) is 0.587. The summed E-state index contributed by atoms with van der Waals surface area (Å²) in [7, 11) is 0. The lowest BCUT2D eigenvalue weighted by Crippen LogP contribution is -2.51. The van der Waals surface area contributed by atoms with Gasteiger partial charge in [-0.1, -0.05) is 54.6 Å². The van der Waals surface area contributed by atoms with Gasteiger partial charge in [-0.3, -0.25) is 9.59 Å². The van der Waals surface area contributed by atoms with Crippen LogP contribution in [0.25, 0.3) is 11.1 Å². The first-order valence-corrected chi connectivity index (χ1v) is 12.2. The molecule has 2 aliphatic carbocycles. The van der Waals surface area contributed by atoms with Crippen molar-refractivity contribution in [2.45, 2.75) is 37.6 Å². The first kappa shape index (κ1) is 23.1. The summed E-state index contributed by atoms with van der Waals surface area (Å²) in [5, 5.41) is 12.0. The van der Waals surface area contributed by atoms with E-state index in [-0.39, 0.29) is 29.8 Å². The number of carboxylic acid groups (broad SMARTS) is 1. The van der Waals surface area contributed by atoms with Gasteiger partial charge < -0.3 is 20.1 Å². The second kappa shape index (κ2) is 9.21. The van der Waals surface area contributed by atoms with Crippen molar-refractivity contribution in [3.8, 4) is 11.1 Å². The molecule has 2 aromatic rings. The molecule has 2 N–H and O–H groups in total. The fourth-order valence-electron chi connectivity index (χ4n) is 5.81. The molecule has 3 aliphatic rings. The number of alkyl carbamates (subject to hydrolysis) is 1. The van der Waals surface area contributed by atoms with Gasteiger partial charge in [-0.15, -0.1) is 6.58 Å². The summed E-state index contributed by atoms with van der Waals surface area (Å²) < 4.78 is 5.62. The van der Waals surface area contributed by atoms with Crippen LogP contribution in [-0.4, -0.2) is 53.7 Å². The Morgan fingerprint density at radius 1 is 1.09 bits per heavy atom. The van der Waals surface area contributed by atoms with Gasteiger partial charge in [0.25, 0.3) is 0 Å². The van der Waals surface area contributed by atoms with Crippen molar-refractivity contribution in [1.82, 2.24) is 10.2 Å². The number of carboxylic acids is 1. The van der Waals surface area contributed by atoms with E-state index >= 15 is 0 Å². The summed E-state index contributed by atoms with van der Waals surface area (Å²) in [6, 6.07) is 15.5. The zero-order valence-electron chi connectivity index (χ0n) is 19.6. The normalized spacial score (nSPS) is 20.5. The molecule has 7 nitrogen and oxygen atoms in total. The van der Waals surface area contributed by atoms with Crippen LogP contribution in [0.1, 0.15) is 42.7 Å². The Labute approximate surface area is 204 Å². The molecule has 1 saturated carbocycles. The molecule has 1 spiro atoms. The summed E-state index contributed by atoms with van der Waals surface area (Å²) in [6.45, 7) is 4.91. The molecule has 5 rings (SSSR count). The minimum Gasteiger partial charge on any atom is -0.481 e. The molecular weight excluding hydrogens is 444 g/mol. The summed E-state index contributed by atoms with van der Waals surface area (Å²) in [5.41, 5.74) is 4.40. The van der Waals surface area contributed by atoms with Gasteiger partial charge in [0.15, 0.2) is 0 Å². The number of hydrogen-bond acceptors (Lipinski definition) is 4. The van der Waals surface area contributed by atoms with Crippen LogP contribution in [0.15, 0.2) is 61.2 Å². The Balaban J connectivity index is 1.19. The van der Waals surface area contributed by atoms with Gasteiger partial charge >= 0.3 is 12.1 Å². The summed E-state index contributed by atoms with van der Waals surface area (Å²) in [6.07, 6.45) is 3.33. The maximum Gasteiger partial charge on any atom is 0.407 e. The van der Waals surface area contributed by atoms with Crippen LogP contribution in [0.5, 0.6) is 0 Å². The number of aliphatic carboxylic acids is 1. The lowest BCUT2D eigenvalue weighted by molar-refractivity contribution is -0.140. The first-order valence-electron chi connectivity index (χ1n) is 12.2. The van der Waals surface area contributed by atoms with E-state index in [2.05, 4.69) is 36.2 Å². The van der Waals surface area contributed by atoms with Gasteiger partial charge in [-0.05, 0) is 53.4 Å². The van der Waals surface area contributed by atoms with Crippen LogP contribution >= 0.6 is 0 Å². The molecule has 7 heteroatoms. The van der Waals surface area contributed by atoms with Crippen LogP contribution in [0.3, 0.4) is 0 Å². The highest BCUT2D eigenvalue weighted by Gasteiger charge is 2.59. The fourth-order valence-corrected chi connectivity index (χ4v) is 5.81. The van der Waals surface area contributed by atoms with E-state index in [0.29, 0.717) is 38.8 Å². The molecule has 0 radical (unpaired) electrons. The minimum absolute atomic E-state index is 0.0549. The summed E-state index contributed by atoms with van der Waals surface area (Å²) in [5.74, 6) is -1.27. The van der Waals surface area contributed by atoms with Crippen LogP contribution in [0, 0.1) is 11.3 Å². The van der Waals surface area contributed by atoms with Crippen LogP contribution in [0.4, 0.5) is 4.79 Å². The smallest absolute Gasteiger partial charge is 0.407 e. The van der Waals surface area contributed by atoms with E-state index in [0.717, 1.165) is 22.3 Å². The minimum atomic E-state index is -0.758. The Hall–Kier alpha value is -3.61. The number of carbonyl (C=O) groups excluding carboxylic acids is 2. The average Bonchev–Trinajstić information content (AvgIpc) is 3.48. The van der Waals surface area contributed by atoms with Gasteiger partial charge in [-0.2, -0.15) is 0 Å². The van der Waals surface area contributed by atoms with Crippen molar-refractivity contribution in [2.75, 3.05) is 19.7 Å². The number of benzene rings is 2. The van der Waals surface area contributed by atoms with Crippen molar-refractivity contribution in [2.24, 2.45) is 11.3 Å². The first-order chi connectivity index (χ1) is 16.9. The monoisotopic (exact) mass is 474 g/mol. The van der Waals surface area contributed by atoms with E-state index in [9.17, 15) is 19.5 Å². The van der Waals surface area contributed by atoms with Crippen molar-refractivity contribution in [1.29, 1.82) is 0 Å². The summed E-state index contributed by atoms with van der Waals surface area (Å²) >= 11 is 0. The molecule has 2 atom stereocenters. The molecule has 0 aromatic heterocycles. The molecule has 1 heterocycles. The fraction of sp³-hybridized carbons (Fsp3) is 0.393. The predicted octanol–water partition coefficient (Wildman–Crippen LogP) is 4.18. The zero-order chi connectivity index (χ0) is 24.6. The lowest BCUT2D eigenvalue weighted by Gasteiger charge is -2.34. The van der Waals surface area contributed by atoms with Gasteiger partial charge in [0.2, 0.25) is 5.91 Å². The number of fused-ring (bicyclic) bond motifs is 3. The van der Waals surface area contributed by atoms with E-state index in [4.69, 9.17) is 4.74 Å². The molecular formula is C28H30N2O5. The number of hydrogen-bond donors (Lipinski definition) is 2. The Kier molecular flexibility index (Phi) is 6.09. The lowest BCUT2D eigenvalue weighted by atomic mass is 9.90. The number of piperidine rings is 1. The van der Waals surface area contributed by atoms with E-state index in [1.807, 2.05) is 24.3 Å². The third kappa shape index (κ3) is 4.31. The maximum atomic E-state index is 13.1. The highest BCUT2D eigenvalue weighted by molar-refractivity contribution is 5.86. The number of carbonyl (C=O) groups is 3. The molecule has 182 valence electrons. The number of nitrogens with one attached hydrogen (secondary N) is 1. The molecule has 2 fully saturated rings. The SMILES string of the molecule is C=CCC(NC(=O)OCC1c2ccccc2-c2ccccc21)C(=O)N1CCC2(CC1)CC2C(=O)O. The zero-order valence-corrected chi connectivity index (χ0v) is 19.6. The Morgan fingerprint density at radius 3 is 2.23 bits per heavy atom. The number of rotatable bonds is 7.